The first-order valence-electron chi connectivity index (χ1n) is 6.83. The van der Waals surface area contributed by atoms with Gasteiger partial charge in [0.1, 0.15) is 5.75 Å². The van der Waals surface area contributed by atoms with Crippen LogP contribution in [-0.4, -0.2) is 6.61 Å². The predicted octanol–water partition coefficient (Wildman–Crippen LogP) is 4.16. The Hall–Kier alpha value is -1.80. The maximum absolute atomic E-state index is 6.03. The van der Waals surface area contributed by atoms with E-state index in [-0.39, 0.29) is 6.04 Å². The number of hydrogen-bond donors (Lipinski definition) is 1. The third-order valence-electron chi connectivity index (χ3n) is 3.26. The third kappa shape index (κ3) is 3.36. The molecule has 2 aromatic carbocycles. The van der Waals surface area contributed by atoms with Gasteiger partial charge >= 0.3 is 0 Å². The standard InChI is InChI=1S/C17H21NO/c1-3-17(18)14-10-8-13(9-11-14)15-6-5-7-16(12-15)19-4-2/h5-12,17H,3-4,18H2,1-2H3. The van der Waals surface area contributed by atoms with Gasteiger partial charge in [0.05, 0.1) is 6.61 Å². The second kappa shape index (κ2) is 6.39. The van der Waals surface area contributed by atoms with Crippen LogP contribution in [0.3, 0.4) is 0 Å². The van der Waals surface area contributed by atoms with Crippen LogP contribution < -0.4 is 10.5 Å². The molecule has 0 spiro atoms. The highest BCUT2D eigenvalue weighted by Crippen LogP contribution is 2.25. The lowest BCUT2D eigenvalue weighted by Crippen LogP contribution is -2.08. The van der Waals surface area contributed by atoms with Crippen LogP contribution in [0.4, 0.5) is 0 Å². The minimum absolute atomic E-state index is 0.129. The summed E-state index contributed by atoms with van der Waals surface area (Å²) in [7, 11) is 0. The molecule has 2 rings (SSSR count). The average Bonchev–Trinajstić information content (AvgIpc) is 2.47. The average molecular weight is 255 g/mol. The van der Waals surface area contributed by atoms with Gasteiger partial charge in [0.25, 0.3) is 0 Å². The van der Waals surface area contributed by atoms with Crippen LogP contribution in [0.1, 0.15) is 31.9 Å². The van der Waals surface area contributed by atoms with Crippen LogP contribution in [0.15, 0.2) is 48.5 Å². The minimum Gasteiger partial charge on any atom is -0.494 e. The van der Waals surface area contributed by atoms with Crippen molar-refractivity contribution in [2.75, 3.05) is 6.61 Å². The van der Waals surface area contributed by atoms with Gasteiger partial charge in [0.2, 0.25) is 0 Å². The molecule has 2 heteroatoms. The molecule has 0 amide bonds. The Bertz CT molecular complexity index is 519. The monoisotopic (exact) mass is 255 g/mol. The van der Waals surface area contributed by atoms with Crippen LogP contribution in [0.25, 0.3) is 11.1 Å². The van der Waals surface area contributed by atoms with Gasteiger partial charge in [0.15, 0.2) is 0 Å². The van der Waals surface area contributed by atoms with E-state index in [1.165, 1.54) is 16.7 Å². The van der Waals surface area contributed by atoms with Gasteiger partial charge in [0, 0.05) is 6.04 Å². The highest BCUT2D eigenvalue weighted by molar-refractivity contribution is 5.65. The first kappa shape index (κ1) is 13.6. The van der Waals surface area contributed by atoms with E-state index in [0.29, 0.717) is 6.61 Å². The van der Waals surface area contributed by atoms with Gasteiger partial charge in [-0.2, -0.15) is 0 Å². The highest BCUT2D eigenvalue weighted by atomic mass is 16.5. The van der Waals surface area contributed by atoms with Crippen molar-refractivity contribution in [1.29, 1.82) is 0 Å². The molecule has 0 fully saturated rings. The molecule has 1 unspecified atom stereocenters. The number of benzene rings is 2. The molecule has 0 aromatic heterocycles. The van der Waals surface area contributed by atoms with Crippen molar-refractivity contribution in [2.24, 2.45) is 5.73 Å². The van der Waals surface area contributed by atoms with Crippen molar-refractivity contribution in [1.82, 2.24) is 0 Å². The summed E-state index contributed by atoms with van der Waals surface area (Å²) in [5.74, 6) is 0.911. The van der Waals surface area contributed by atoms with E-state index in [4.69, 9.17) is 10.5 Å². The van der Waals surface area contributed by atoms with E-state index in [0.717, 1.165) is 12.2 Å². The lowest BCUT2D eigenvalue weighted by atomic mass is 10.00. The Balaban J connectivity index is 2.24. The fourth-order valence-electron chi connectivity index (χ4n) is 2.09. The summed E-state index contributed by atoms with van der Waals surface area (Å²) in [6.07, 6.45) is 0.958. The zero-order valence-electron chi connectivity index (χ0n) is 11.6. The van der Waals surface area contributed by atoms with E-state index in [1.54, 1.807) is 0 Å². The Morgan fingerprint density at radius 2 is 1.74 bits per heavy atom. The lowest BCUT2D eigenvalue weighted by Gasteiger charge is -2.10. The van der Waals surface area contributed by atoms with Crippen molar-refractivity contribution < 1.29 is 4.74 Å². The van der Waals surface area contributed by atoms with E-state index < -0.39 is 0 Å². The van der Waals surface area contributed by atoms with Crippen LogP contribution in [0.2, 0.25) is 0 Å². The van der Waals surface area contributed by atoms with Crippen LogP contribution >= 0.6 is 0 Å². The second-order valence-corrected chi connectivity index (χ2v) is 4.60. The quantitative estimate of drug-likeness (QED) is 0.870. The third-order valence-corrected chi connectivity index (χ3v) is 3.26. The second-order valence-electron chi connectivity index (χ2n) is 4.60. The fourth-order valence-corrected chi connectivity index (χ4v) is 2.09. The summed E-state index contributed by atoms with van der Waals surface area (Å²) in [5, 5.41) is 0. The fraction of sp³-hybridized carbons (Fsp3) is 0.294. The van der Waals surface area contributed by atoms with E-state index in [9.17, 15) is 0 Å². The summed E-state index contributed by atoms with van der Waals surface area (Å²) >= 11 is 0. The summed E-state index contributed by atoms with van der Waals surface area (Å²) in [6.45, 7) is 4.78. The first-order chi connectivity index (χ1) is 9.24. The molecule has 0 bridgehead atoms. The molecule has 2 N–H and O–H groups in total. The van der Waals surface area contributed by atoms with Crippen LogP contribution in [-0.2, 0) is 0 Å². The van der Waals surface area contributed by atoms with Crippen LogP contribution in [0.5, 0.6) is 5.75 Å². The smallest absolute Gasteiger partial charge is 0.119 e. The Morgan fingerprint density at radius 1 is 1.00 bits per heavy atom. The molecule has 0 saturated carbocycles. The van der Waals surface area contributed by atoms with Gasteiger partial charge in [-0.1, -0.05) is 43.3 Å². The van der Waals surface area contributed by atoms with Gasteiger partial charge in [-0.25, -0.2) is 0 Å². The summed E-state index contributed by atoms with van der Waals surface area (Å²) in [4.78, 5) is 0. The SMILES string of the molecule is CCOc1cccc(-c2ccc(C(N)CC)cc2)c1. The van der Waals surface area contributed by atoms with Gasteiger partial charge in [-0.15, -0.1) is 0 Å². The lowest BCUT2D eigenvalue weighted by molar-refractivity contribution is 0.340. The highest BCUT2D eigenvalue weighted by Gasteiger charge is 2.04. The zero-order valence-corrected chi connectivity index (χ0v) is 11.6. The normalized spacial score (nSPS) is 12.2. The van der Waals surface area contributed by atoms with Gasteiger partial charge in [-0.05, 0) is 42.2 Å². The number of nitrogens with two attached hydrogens (primary N) is 1. The molecule has 0 aliphatic rings. The molecular formula is C17H21NO. The topological polar surface area (TPSA) is 35.2 Å². The molecule has 0 saturated heterocycles. The Morgan fingerprint density at radius 3 is 2.37 bits per heavy atom. The van der Waals surface area contributed by atoms with Crippen molar-refractivity contribution in [3.8, 4) is 16.9 Å². The number of ether oxygens (including phenoxy) is 1. The molecule has 0 radical (unpaired) electrons. The zero-order chi connectivity index (χ0) is 13.7. The molecule has 100 valence electrons. The van der Waals surface area contributed by atoms with Gasteiger partial charge < -0.3 is 10.5 Å². The molecular weight excluding hydrogens is 234 g/mol. The maximum atomic E-state index is 6.03. The van der Waals surface area contributed by atoms with E-state index in [2.05, 4.69) is 43.3 Å². The van der Waals surface area contributed by atoms with Crippen molar-refractivity contribution >= 4 is 0 Å². The molecule has 2 aromatic rings. The first-order valence-corrected chi connectivity index (χ1v) is 6.83. The molecule has 19 heavy (non-hydrogen) atoms. The van der Waals surface area contributed by atoms with Crippen molar-refractivity contribution in [3.63, 3.8) is 0 Å². The maximum Gasteiger partial charge on any atom is 0.119 e. The molecule has 0 aliphatic heterocycles. The minimum atomic E-state index is 0.129. The summed E-state index contributed by atoms with van der Waals surface area (Å²) < 4.78 is 5.53. The van der Waals surface area contributed by atoms with E-state index >= 15 is 0 Å². The largest absolute Gasteiger partial charge is 0.494 e. The number of hydrogen-bond acceptors (Lipinski definition) is 2. The molecule has 0 heterocycles. The number of rotatable bonds is 5. The summed E-state index contributed by atoms with van der Waals surface area (Å²) in [5.41, 5.74) is 9.57. The predicted molar refractivity (Wildman–Crippen MR) is 80.3 cm³/mol. The van der Waals surface area contributed by atoms with E-state index in [1.807, 2.05) is 19.1 Å². The van der Waals surface area contributed by atoms with Crippen molar-refractivity contribution in [2.45, 2.75) is 26.3 Å². The Labute approximate surface area is 115 Å². The Kier molecular flexibility index (Phi) is 4.58. The van der Waals surface area contributed by atoms with Crippen LogP contribution in [0, 0.1) is 0 Å². The van der Waals surface area contributed by atoms with Crippen molar-refractivity contribution in [3.05, 3.63) is 54.1 Å². The molecule has 1 atom stereocenters. The summed E-state index contributed by atoms with van der Waals surface area (Å²) in [6, 6.07) is 16.7. The molecule has 0 aliphatic carbocycles. The molecule has 2 nitrogen and oxygen atoms in total. The van der Waals surface area contributed by atoms with Gasteiger partial charge in [-0.3, -0.25) is 0 Å².